The predicted molar refractivity (Wildman–Crippen MR) is 71.4 cm³/mol. The first-order valence-corrected chi connectivity index (χ1v) is 6.29. The molecule has 5 heteroatoms. The van der Waals surface area contributed by atoms with E-state index in [1.165, 1.54) is 31.4 Å². The van der Waals surface area contributed by atoms with Gasteiger partial charge in [0.05, 0.1) is 7.11 Å². The fourth-order valence-electron chi connectivity index (χ4n) is 1.55. The molecule has 2 nitrogen and oxygen atoms in total. The van der Waals surface area contributed by atoms with Crippen molar-refractivity contribution in [1.29, 1.82) is 0 Å². The highest BCUT2D eigenvalue weighted by atomic mass is 79.9. The Balaban J connectivity index is 2.10. The second-order valence-electron chi connectivity index (χ2n) is 3.83. The van der Waals surface area contributed by atoms with Crippen molar-refractivity contribution < 1.29 is 18.3 Å². The molecule has 0 spiro atoms. The molecule has 2 aromatic carbocycles. The molecule has 0 saturated carbocycles. The highest BCUT2D eigenvalue weighted by Gasteiger charge is 2.07. The van der Waals surface area contributed by atoms with Gasteiger partial charge in [0, 0.05) is 4.47 Å². The smallest absolute Gasteiger partial charge is 0.165 e. The van der Waals surface area contributed by atoms with E-state index in [2.05, 4.69) is 15.9 Å². The van der Waals surface area contributed by atoms with E-state index >= 15 is 0 Å². The zero-order valence-electron chi connectivity index (χ0n) is 10.1. The van der Waals surface area contributed by atoms with Crippen LogP contribution in [0.3, 0.4) is 0 Å². The summed E-state index contributed by atoms with van der Waals surface area (Å²) in [7, 11) is 1.39. The molecule has 0 aliphatic rings. The van der Waals surface area contributed by atoms with Crippen molar-refractivity contribution in [2.45, 2.75) is 6.61 Å². The van der Waals surface area contributed by atoms with Crippen LogP contribution in [-0.4, -0.2) is 7.11 Å². The quantitative estimate of drug-likeness (QED) is 0.832. The first kappa shape index (κ1) is 13.8. The van der Waals surface area contributed by atoms with Crippen LogP contribution in [0.1, 0.15) is 5.56 Å². The third-order valence-electron chi connectivity index (χ3n) is 2.50. The average molecular weight is 329 g/mol. The number of hydrogen-bond donors (Lipinski definition) is 0. The Morgan fingerprint density at radius 3 is 2.47 bits per heavy atom. The summed E-state index contributed by atoms with van der Waals surface area (Å²) >= 11 is 3.23. The van der Waals surface area contributed by atoms with E-state index in [0.29, 0.717) is 10.0 Å². The van der Waals surface area contributed by atoms with Crippen LogP contribution in [0.5, 0.6) is 11.5 Å². The van der Waals surface area contributed by atoms with E-state index < -0.39 is 11.6 Å². The van der Waals surface area contributed by atoms with Crippen molar-refractivity contribution in [2.75, 3.05) is 7.11 Å². The van der Waals surface area contributed by atoms with Gasteiger partial charge >= 0.3 is 0 Å². The van der Waals surface area contributed by atoms with E-state index in [1.54, 1.807) is 12.1 Å². The van der Waals surface area contributed by atoms with Gasteiger partial charge in [0.1, 0.15) is 6.61 Å². The molecule has 2 rings (SSSR count). The zero-order chi connectivity index (χ0) is 13.8. The lowest BCUT2D eigenvalue weighted by molar-refractivity contribution is 0.289. The minimum Gasteiger partial charge on any atom is -0.494 e. The highest BCUT2D eigenvalue weighted by molar-refractivity contribution is 9.10. The van der Waals surface area contributed by atoms with Gasteiger partial charge in [0.15, 0.2) is 23.1 Å². The Morgan fingerprint density at radius 1 is 1.00 bits per heavy atom. The molecule has 0 N–H and O–H groups in total. The summed E-state index contributed by atoms with van der Waals surface area (Å²) in [5.74, 6) is -0.654. The number of hydrogen-bond acceptors (Lipinski definition) is 2. The van der Waals surface area contributed by atoms with Crippen molar-refractivity contribution in [1.82, 2.24) is 0 Å². The van der Waals surface area contributed by atoms with E-state index in [0.717, 1.165) is 0 Å². The van der Waals surface area contributed by atoms with Crippen LogP contribution in [0, 0.1) is 11.6 Å². The van der Waals surface area contributed by atoms with E-state index in [4.69, 9.17) is 9.47 Å². The third-order valence-corrected chi connectivity index (χ3v) is 3.00. The third kappa shape index (κ3) is 3.44. The monoisotopic (exact) mass is 328 g/mol. The van der Waals surface area contributed by atoms with Crippen LogP contribution >= 0.6 is 15.9 Å². The summed E-state index contributed by atoms with van der Waals surface area (Å²) in [4.78, 5) is 0. The van der Waals surface area contributed by atoms with Gasteiger partial charge in [-0.25, -0.2) is 8.78 Å². The molecular formula is C14H11BrF2O2. The normalized spacial score (nSPS) is 10.3. The van der Waals surface area contributed by atoms with Crippen LogP contribution in [-0.2, 0) is 6.61 Å². The molecule has 0 amide bonds. The van der Waals surface area contributed by atoms with Crippen molar-refractivity contribution in [2.24, 2.45) is 0 Å². The standard InChI is InChI=1S/C14H11BrF2O2/c1-18-13-5-2-9(6-12(13)17)8-19-14-7-10(15)3-4-11(14)16/h2-7H,8H2,1H3. The first-order valence-electron chi connectivity index (χ1n) is 5.50. The molecule has 0 saturated heterocycles. The molecule has 0 aromatic heterocycles. The van der Waals surface area contributed by atoms with Gasteiger partial charge in [-0.15, -0.1) is 0 Å². The lowest BCUT2D eigenvalue weighted by atomic mass is 10.2. The largest absolute Gasteiger partial charge is 0.494 e. The second-order valence-corrected chi connectivity index (χ2v) is 4.75. The Morgan fingerprint density at radius 2 is 1.79 bits per heavy atom. The van der Waals surface area contributed by atoms with Crippen LogP contribution < -0.4 is 9.47 Å². The molecule has 0 unspecified atom stereocenters. The van der Waals surface area contributed by atoms with Crippen LogP contribution in [0.2, 0.25) is 0 Å². The van der Waals surface area contributed by atoms with Crippen LogP contribution in [0.15, 0.2) is 40.9 Å². The molecule has 0 atom stereocenters. The molecule has 100 valence electrons. The summed E-state index contributed by atoms with van der Waals surface area (Å²) in [6.45, 7) is 0.0777. The lowest BCUT2D eigenvalue weighted by Crippen LogP contribution is -1.99. The SMILES string of the molecule is COc1ccc(COc2cc(Br)ccc2F)cc1F. The molecule has 19 heavy (non-hydrogen) atoms. The van der Waals surface area contributed by atoms with Crippen LogP contribution in [0.4, 0.5) is 8.78 Å². The number of rotatable bonds is 4. The van der Waals surface area contributed by atoms with Gasteiger partial charge in [-0.3, -0.25) is 0 Å². The second kappa shape index (κ2) is 6.02. The predicted octanol–water partition coefficient (Wildman–Crippen LogP) is 4.31. The summed E-state index contributed by atoms with van der Waals surface area (Å²) in [5, 5.41) is 0. The Labute approximate surface area is 118 Å². The van der Waals surface area contributed by atoms with E-state index in [-0.39, 0.29) is 18.1 Å². The molecule has 0 fully saturated rings. The van der Waals surface area contributed by atoms with Gasteiger partial charge in [0.25, 0.3) is 0 Å². The molecule has 2 aromatic rings. The molecule has 0 aliphatic heterocycles. The molecule has 0 bridgehead atoms. The van der Waals surface area contributed by atoms with Gasteiger partial charge in [-0.2, -0.15) is 0 Å². The van der Waals surface area contributed by atoms with Gasteiger partial charge in [0.2, 0.25) is 0 Å². The molecule has 0 aliphatic carbocycles. The Kier molecular flexibility index (Phi) is 4.37. The Hall–Kier alpha value is -1.62. The highest BCUT2D eigenvalue weighted by Crippen LogP contribution is 2.24. The van der Waals surface area contributed by atoms with Crippen molar-refractivity contribution in [3.63, 3.8) is 0 Å². The van der Waals surface area contributed by atoms with Crippen LogP contribution in [0.25, 0.3) is 0 Å². The van der Waals surface area contributed by atoms with Gasteiger partial charge in [-0.1, -0.05) is 22.0 Å². The van der Waals surface area contributed by atoms with Gasteiger partial charge in [-0.05, 0) is 35.9 Å². The molecular weight excluding hydrogens is 318 g/mol. The number of benzene rings is 2. The maximum atomic E-state index is 13.5. The summed E-state index contributed by atoms with van der Waals surface area (Å²) < 4.78 is 37.7. The maximum Gasteiger partial charge on any atom is 0.165 e. The number of methoxy groups -OCH3 is 1. The molecule has 0 heterocycles. The summed E-state index contributed by atoms with van der Waals surface area (Å²) in [6.07, 6.45) is 0. The number of halogens is 3. The van der Waals surface area contributed by atoms with Crippen molar-refractivity contribution in [3.05, 3.63) is 58.1 Å². The van der Waals surface area contributed by atoms with Crippen molar-refractivity contribution in [3.8, 4) is 11.5 Å². The topological polar surface area (TPSA) is 18.5 Å². The average Bonchev–Trinajstić information content (AvgIpc) is 2.40. The molecule has 0 radical (unpaired) electrons. The van der Waals surface area contributed by atoms with E-state index in [1.807, 2.05) is 0 Å². The minimum atomic E-state index is -0.474. The minimum absolute atomic E-state index is 0.0777. The fraction of sp³-hybridized carbons (Fsp3) is 0.143. The number of ether oxygens (including phenoxy) is 2. The first-order chi connectivity index (χ1) is 9.10. The summed E-state index contributed by atoms with van der Waals surface area (Å²) in [5.41, 5.74) is 0.595. The van der Waals surface area contributed by atoms with E-state index in [9.17, 15) is 8.78 Å². The van der Waals surface area contributed by atoms with Crippen molar-refractivity contribution >= 4 is 15.9 Å². The summed E-state index contributed by atoms with van der Waals surface area (Å²) in [6, 6.07) is 8.87. The fourth-order valence-corrected chi connectivity index (χ4v) is 1.89. The lowest BCUT2D eigenvalue weighted by Gasteiger charge is -2.09. The zero-order valence-corrected chi connectivity index (χ0v) is 11.7. The Bertz CT molecular complexity index is 588. The maximum absolute atomic E-state index is 13.5. The van der Waals surface area contributed by atoms with Gasteiger partial charge < -0.3 is 9.47 Å².